The van der Waals surface area contributed by atoms with Gasteiger partial charge < -0.3 is 32.9 Å². The molecule has 0 bridgehead atoms. The van der Waals surface area contributed by atoms with Gasteiger partial charge in [-0.1, -0.05) is 72.8 Å². The molecule has 0 spiro atoms. The van der Waals surface area contributed by atoms with Gasteiger partial charge in [0.1, 0.15) is 6.04 Å². The average Bonchev–Trinajstić information content (AvgIpc) is 2.90. The second kappa shape index (κ2) is 13.8. The summed E-state index contributed by atoms with van der Waals surface area (Å²) in [5.74, 6) is -2.11. The van der Waals surface area contributed by atoms with E-state index in [9.17, 15) is 19.5 Å². The van der Waals surface area contributed by atoms with E-state index < -0.39 is 35.9 Å². The fourth-order valence-corrected chi connectivity index (χ4v) is 4.21. The molecule has 0 fully saturated rings. The number of hydrogen-bond acceptors (Lipinski definition) is 5. The van der Waals surface area contributed by atoms with Crippen molar-refractivity contribution in [2.45, 2.75) is 43.8 Å². The van der Waals surface area contributed by atoms with Gasteiger partial charge in [-0.05, 0) is 34.7 Å². The number of aliphatic carboxylic acids is 1. The number of nitrogens with zero attached hydrogens (tertiary/aromatic N) is 1. The van der Waals surface area contributed by atoms with E-state index in [2.05, 4.69) is 15.6 Å². The van der Waals surface area contributed by atoms with Gasteiger partial charge in [-0.25, -0.2) is 4.79 Å². The summed E-state index contributed by atoms with van der Waals surface area (Å²) < 4.78 is 0. The maximum Gasteiger partial charge on any atom is 0.326 e. The van der Waals surface area contributed by atoms with E-state index in [1.54, 1.807) is 12.1 Å². The Bertz CT molecular complexity index is 1270. The van der Waals surface area contributed by atoms with Crippen LogP contribution in [0.5, 0.6) is 0 Å². The first-order chi connectivity index (χ1) is 18.2. The van der Waals surface area contributed by atoms with Gasteiger partial charge in [0.2, 0.25) is 11.8 Å². The van der Waals surface area contributed by atoms with Crippen LogP contribution in [0.25, 0.3) is 10.8 Å². The second-order valence-electron chi connectivity index (χ2n) is 9.04. The van der Waals surface area contributed by atoms with Crippen molar-refractivity contribution < 1.29 is 19.5 Å². The van der Waals surface area contributed by atoms with E-state index in [0.29, 0.717) is 19.4 Å². The molecule has 0 heterocycles. The van der Waals surface area contributed by atoms with Crippen LogP contribution >= 0.6 is 0 Å². The summed E-state index contributed by atoms with van der Waals surface area (Å²) in [4.78, 5) is 41.9. The molecule has 0 aromatic heterocycles. The van der Waals surface area contributed by atoms with Gasteiger partial charge in [0.25, 0.3) is 0 Å². The van der Waals surface area contributed by atoms with E-state index in [-0.39, 0.29) is 18.8 Å². The molecule has 3 aromatic carbocycles. The van der Waals surface area contributed by atoms with Crippen LogP contribution < -0.4 is 27.8 Å². The fourth-order valence-electron chi connectivity index (χ4n) is 4.21. The first kappa shape index (κ1) is 28.1. The lowest BCUT2D eigenvalue weighted by molar-refractivity contribution is -0.142. The molecular formula is C28H34N6O4. The van der Waals surface area contributed by atoms with Crippen molar-refractivity contribution in [2.24, 2.45) is 22.2 Å². The molecule has 10 nitrogen and oxygen atoms in total. The zero-order chi connectivity index (χ0) is 27.5. The number of nitrogens with two attached hydrogens (primary N) is 3. The molecule has 9 N–H and O–H groups in total. The smallest absolute Gasteiger partial charge is 0.326 e. The Labute approximate surface area is 221 Å². The lowest BCUT2D eigenvalue weighted by Crippen LogP contribution is -2.46. The number of benzene rings is 3. The number of amides is 2. The monoisotopic (exact) mass is 518 g/mol. The zero-order valence-electron chi connectivity index (χ0n) is 21.0. The van der Waals surface area contributed by atoms with Crippen LogP contribution in [0.1, 0.15) is 36.4 Å². The molecule has 0 radical (unpaired) electrons. The Balaban J connectivity index is 1.78. The van der Waals surface area contributed by atoms with Gasteiger partial charge in [-0.2, -0.15) is 0 Å². The number of fused-ring (bicyclic) bond motifs is 1. The van der Waals surface area contributed by atoms with Crippen molar-refractivity contribution >= 4 is 34.5 Å². The largest absolute Gasteiger partial charge is 0.480 e. The van der Waals surface area contributed by atoms with Crippen LogP contribution in [0.15, 0.2) is 77.8 Å². The molecular weight excluding hydrogens is 484 g/mol. The Morgan fingerprint density at radius 1 is 0.895 bits per heavy atom. The SMILES string of the molecule is NC(N)=NCCC[C@H](N)C(=O)N[C@@H](CC(=O)N[C@@H](Cc1ccccc1)C(=O)O)c1cccc2ccccc12. The summed E-state index contributed by atoms with van der Waals surface area (Å²) in [6.07, 6.45) is 0.813. The number of carbonyl (C=O) groups excluding carboxylic acids is 2. The maximum atomic E-state index is 13.1. The van der Waals surface area contributed by atoms with Gasteiger partial charge in [0.05, 0.1) is 18.5 Å². The molecule has 200 valence electrons. The highest BCUT2D eigenvalue weighted by Crippen LogP contribution is 2.27. The molecule has 0 aliphatic rings. The van der Waals surface area contributed by atoms with E-state index in [4.69, 9.17) is 17.2 Å². The third kappa shape index (κ3) is 8.31. The van der Waals surface area contributed by atoms with E-state index in [1.165, 1.54) is 0 Å². The number of nitrogens with one attached hydrogen (secondary N) is 2. The number of rotatable bonds is 13. The Kier molecular flexibility index (Phi) is 10.2. The lowest BCUT2D eigenvalue weighted by atomic mass is 9.95. The maximum absolute atomic E-state index is 13.1. The molecule has 10 heteroatoms. The predicted octanol–water partition coefficient (Wildman–Crippen LogP) is 1.58. The Hall–Kier alpha value is -4.44. The minimum Gasteiger partial charge on any atom is -0.480 e. The van der Waals surface area contributed by atoms with Gasteiger partial charge in [-0.3, -0.25) is 14.6 Å². The van der Waals surface area contributed by atoms with Crippen LogP contribution in [-0.2, 0) is 20.8 Å². The summed E-state index contributed by atoms with van der Waals surface area (Å²) in [5.41, 5.74) is 18.3. The number of carboxylic acids is 1. The molecule has 0 saturated heterocycles. The second-order valence-corrected chi connectivity index (χ2v) is 9.04. The first-order valence-electron chi connectivity index (χ1n) is 12.4. The van der Waals surface area contributed by atoms with E-state index >= 15 is 0 Å². The summed E-state index contributed by atoms with van der Waals surface area (Å²) >= 11 is 0. The quantitative estimate of drug-likeness (QED) is 0.113. The van der Waals surface area contributed by atoms with E-state index in [1.807, 2.05) is 60.7 Å². The number of carboxylic acid groups (broad SMARTS) is 1. The fraction of sp³-hybridized carbons (Fsp3) is 0.286. The summed E-state index contributed by atoms with van der Waals surface area (Å²) in [7, 11) is 0. The summed E-state index contributed by atoms with van der Waals surface area (Å²) in [6.45, 7) is 0.344. The Morgan fingerprint density at radius 2 is 1.58 bits per heavy atom. The molecule has 0 unspecified atom stereocenters. The number of carbonyl (C=O) groups is 3. The van der Waals surface area contributed by atoms with Crippen molar-refractivity contribution in [3.8, 4) is 0 Å². The van der Waals surface area contributed by atoms with Crippen LogP contribution in [0.4, 0.5) is 0 Å². The summed E-state index contributed by atoms with van der Waals surface area (Å²) in [5, 5.41) is 17.0. The van der Waals surface area contributed by atoms with Gasteiger partial charge >= 0.3 is 5.97 Å². The highest BCUT2D eigenvalue weighted by Gasteiger charge is 2.26. The third-order valence-electron chi connectivity index (χ3n) is 6.13. The minimum absolute atomic E-state index is 0.0306. The van der Waals surface area contributed by atoms with Crippen LogP contribution in [-0.4, -0.2) is 47.5 Å². The lowest BCUT2D eigenvalue weighted by Gasteiger charge is -2.24. The van der Waals surface area contributed by atoms with Crippen molar-refractivity contribution in [1.82, 2.24) is 10.6 Å². The van der Waals surface area contributed by atoms with Crippen molar-refractivity contribution in [3.63, 3.8) is 0 Å². The van der Waals surface area contributed by atoms with Gasteiger partial charge in [0, 0.05) is 13.0 Å². The molecule has 0 aliphatic heterocycles. The van der Waals surface area contributed by atoms with Gasteiger partial charge in [-0.15, -0.1) is 0 Å². The highest BCUT2D eigenvalue weighted by molar-refractivity contribution is 5.90. The molecule has 0 saturated carbocycles. The third-order valence-corrected chi connectivity index (χ3v) is 6.13. The first-order valence-corrected chi connectivity index (χ1v) is 12.4. The average molecular weight is 519 g/mol. The molecule has 3 atom stereocenters. The number of guanidine groups is 1. The standard InChI is InChI=1S/C28H34N6O4/c29-22(14-7-15-32-28(30)31)26(36)34-23(21-13-6-11-19-10-4-5-12-20(19)21)17-25(35)33-24(27(37)38)16-18-8-2-1-3-9-18/h1-6,8-13,22-24H,7,14-17,29H2,(H,33,35)(H,34,36)(H,37,38)(H4,30,31,32)/t22-,23-,24-/m0/s1. The number of aliphatic imine (C=N–C) groups is 1. The Morgan fingerprint density at radius 3 is 2.29 bits per heavy atom. The summed E-state index contributed by atoms with van der Waals surface area (Å²) in [6, 6.07) is 19.6. The topological polar surface area (TPSA) is 186 Å². The zero-order valence-corrected chi connectivity index (χ0v) is 21.0. The van der Waals surface area contributed by atoms with Crippen LogP contribution in [0, 0.1) is 0 Å². The van der Waals surface area contributed by atoms with E-state index in [0.717, 1.165) is 21.9 Å². The van der Waals surface area contributed by atoms with Crippen LogP contribution in [0.3, 0.4) is 0 Å². The molecule has 38 heavy (non-hydrogen) atoms. The van der Waals surface area contributed by atoms with Crippen molar-refractivity contribution in [1.29, 1.82) is 0 Å². The minimum atomic E-state index is -1.14. The molecule has 3 aromatic rings. The number of hydrogen-bond donors (Lipinski definition) is 6. The predicted molar refractivity (Wildman–Crippen MR) is 147 cm³/mol. The molecule has 3 rings (SSSR count). The normalized spacial score (nSPS) is 13.2. The molecule has 0 aliphatic carbocycles. The van der Waals surface area contributed by atoms with Gasteiger partial charge in [0.15, 0.2) is 5.96 Å². The highest BCUT2D eigenvalue weighted by atomic mass is 16.4. The van der Waals surface area contributed by atoms with Crippen molar-refractivity contribution in [3.05, 3.63) is 83.9 Å². The van der Waals surface area contributed by atoms with Crippen LogP contribution in [0.2, 0.25) is 0 Å². The molecule has 2 amide bonds. The van der Waals surface area contributed by atoms with Crippen molar-refractivity contribution in [2.75, 3.05) is 6.54 Å².